The van der Waals surface area contributed by atoms with E-state index in [1.54, 1.807) is 39.3 Å². The maximum Gasteiger partial charge on any atom is 0.261 e. The van der Waals surface area contributed by atoms with Crippen molar-refractivity contribution in [2.75, 3.05) is 20.8 Å². The number of hydrogen-bond donors (Lipinski definition) is 1. The summed E-state index contributed by atoms with van der Waals surface area (Å²) in [6.07, 6.45) is 0. The predicted molar refractivity (Wildman–Crippen MR) is 109 cm³/mol. The van der Waals surface area contributed by atoms with Crippen LogP contribution in [0.2, 0.25) is 5.02 Å². The van der Waals surface area contributed by atoms with Gasteiger partial charge in [0.1, 0.15) is 17.5 Å². The number of rotatable bonds is 8. The SMILES string of the molecule is CNC(=O)[C@H](C)N(Cc1ccc(OC)cc1)C(=O)COc1ccc(Cl)c(C)c1. The van der Waals surface area contributed by atoms with Gasteiger partial charge >= 0.3 is 0 Å². The summed E-state index contributed by atoms with van der Waals surface area (Å²) in [7, 11) is 3.14. The summed E-state index contributed by atoms with van der Waals surface area (Å²) in [6, 6.07) is 11.9. The van der Waals surface area contributed by atoms with E-state index >= 15 is 0 Å². The molecule has 1 N–H and O–H groups in total. The van der Waals surface area contributed by atoms with Crippen molar-refractivity contribution >= 4 is 23.4 Å². The van der Waals surface area contributed by atoms with Crippen LogP contribution in [0.4, 0.5) is 0 Å². The highest BCUT2D eigenvalue weighted by molar-refractivity contribution is 6.31. The van der Waals surface area contributed by atoms with Crippen molar-refractivity contribution in [3.05, 3.63) is 58.6 Å². The lowest BCUT2D eigenvalue weighted by atomic mass is 10.1. The Hall–Kier alpha value is -2.73. The van der Waals surface area contributed by atoms with Gasteiger partial charge in [-0.1, -0.05) is 23.7 Å². The number of aryl methyl sites for hydroxylation is 1. The van der Waals surface area contributed by atoms with E-state index in [9.17, 15) is 9.59 Å². The van der Waals surface area contributed by atoms with Gasteiger partial charge < -0.3 is 19.7 Å². The Balaban J connectivity index is 2.13. The van der Waals surface area contributed by atoms with Crippen LogP contribution in [0.1, 0.15) is 18.1 Å². The van der Waals surface area contributed by atoms with Gasteiger partial charge in [-0.05, 0) is 55.3 Å². The molecule has 0 heterocycles. The fourth-order valence-electron chi connectivity index (χ4n) is 2.65. The van der Waals surface area contributed by atoms with Crippen LogP contribution in [0.5, 0.6) is 11.5 Å². The molecule has 2 rings (SSSR count). The number of amides is 2. The molecule has 150 valence electrons. The monoisotopic (exact) mass is 404 g/mol. The van der Waals surface area contributed by atoms with E-state index in [-0.39, 0.29) is 25.0 Å². The van der Waals surface area contributed by atoms with Crippen LogP contribution in [-0.2, 0) is 16.1 Å². The molecule has 0 aliphatic heterocycles. The number of halogens is 1. The Bertz CT molecular complexity index is 824. The number of methoxy groups -OCH3 is 1. The molecule has 0 spiro atoms. The number of benzene rings is 2. The van der Waals surface area contributed by atoms with Crippen LogP contribution in [0.3, 0.4) is 0 Å². The third-order valence-corrected chi connectivity index (χ3v) is 4.84. The van der Waals surface area contributed by atoms with E-state index in [4.69, 9.17) is 21.1 Å². The summed E-state index contributed by atoms with van der Waals surface area (Å²) >= 11 is 6.01. The minimum absolute atomic E-state index is 0.182. The fourth-order valence-corrected chi connectivity index (χ4v) is 2.77. The van der Waals surface area contributed by atoms with Crippen LogP contribution in [0.25, 0.3) is 0 Å². The fraction of sp³-hybridized carbons (Fsp3) is 0.333. The Morgan fingerprint density at radius 1 is 1.14 bits per heavy atom. The molecule has 0 aromatic heterocycles. The first-order valence-corrected chi connectivity index (χ1v) is 9.26. The summed E-state index contributed by atoms with van der Waals surface area (Å²) in [5.41, 5.74) is 1.74. The van der Waals surface area contributed by atoms with E-state index in [0.29, 0.717) is 10.8 Å². The minimum Gasteiger partial charge on any atom is -0.497 e. The van der Waals surface area contributed by atoms with Crippen LogP contribution >= 0.6 is 11.6 Å². The van der Waals surface area contributed by atoms with E-state index in [0.717, 1.165) is 16.9 Å². The smallest absolute Gasteiger partial charge is 0.261 e. The van der Waals surface area contributed by atoms with Crippen LogP contribution in [-0.4, -0.2) is 43.5 Å². The molecule has 2 aromatic carbocycles. The maximum atomic E-state index is 12.8. The number of nitrogens with zero attached hydrogens (tertiary/aromatic N) is 1. The molecule has 2 aromatic rings. The van der Waals surface area contributed by atoms with E-state index in [2.05, 4.69) is 5.32 Å². The third-order valence-electron chi connectivity index (χ3n) is 4.42. The molecule has 0 saturated heterocycles. The largest absolute Gasteiger partial charge is 0.497 e. The van der Waals surface area contributed by atoms with Gasteiger partial charge in [-0.15, -0.1) is 0 Å². The van der Waals surface area contributed by atoms with Gasteiger partial charge in [-0.3, -0.25) is 9.59 Å². The summed E-state index contributed by atoms with van der Waals surface area (Å²) in [6.45, 7) is 3.65. The maximum absolute atomic E-state index is 12.8. The summed E-state index contributed by atoms with van der Waals surface area (Å²) in [5.74, 6) is 0.735. The van der Waals surface area contributed by atoms with Crippen molar-refractivity contribution in [3.63, 3.8) is 0 Å². The van der Waals surface area contributed by atoms with Crippen molar-refractivity contribution in [3.8, 4) is 11.5 Å². The van der Waals surface area contributed by atoms with Gasteiger partial charge in [-0.25, -0.2) is 0 Å². The number of carbonyl (C=O) groups is 2. The topological polar surface area (TPSA) is 67.9 Å². The second-order valence-corrected chi connectivity index (χ2v) is 6.77. The van der Waals surface area contributed by atoms with E-state index < -0.39 is 6.04 Å². The first-order valence-electron chi connectivity index (χ1n) is 8.88. The molecule has 2 amide bonds. The van der Waals surface area contributed by atoms with Crippen LogP contribution in [0, 0.1) is 6.92 Å². The highest BCUT2D eigenvalue weighted by Crippen LogP contribution is 2.21. The number of carbonyl (C=O) groups excluding carboxylic acids is 2. The van der Waals surface area contributed by atoms with E-state index in [1.165, 1.54) is 4.90 Å². The molecule has 28 heavy (non-hydrogen) atoms. The molecule has 0 saturated carbocycles. The Morgan fingerprint density at radius 3 is 2.36 bits per heavy atom. The average molecular weight is 405 g/mol. The lowest BCUT2D eigenvalue weighted by molar-refractivity contribution is -0.142. The second-order valence-electron chi connectivity index (χ2n) is 6.36. The number of nitrogens with one attached hydrogen (secondary N) is 1. The molecular weight excluding hydrogens is 380 g/mol. The molecule has 1 atom stereocenters. The standard InChI is InChI=1S/C21H25ClN2O4/c1-14-11-18(9-10-19(14)22)28-13-20(25)24(15(2)21(26)23-3)12-16-5-7-17(27-4)8-6-16/h5-11,15H,12-13H2,1-4H3,(H,23,26)/t15-/m0/s1. The first-order chi connectivity index (χ1) is 13.3. The Morgan fingerprint density at radius 2 is 1.79 bits per heavy atom. The van der Waals surface area contributed by atoms with Crippen molar-refractivity contribution < 1.29 is 19.1 Å². The minimum atomic E-state index is -0.643. The van der Waals surface area contributed by atoms with Gasteiger partial charge in [0.05, 0.1) is 7.11 Å². The Labute approximate surface area is 170 Å². The summed E-state index contributed by atoms with van der Waals surface area (Å²) < 4.78 is 10.8. The second kappa shape index (κ2) is 9.99. The normalized spacial score (nSPS) is 11.5. The summed E-state index contributed by atoms with van der Waals surface area (Å²) in [5, 5.41) is 3.22. The zero-order valence-corrected chi connectivity index (χ0v) is 17.2. The molecule has 0 bridgehead atoms. The molecule has 7 heteroatoms. The summed E-state index contributed by atoms with van der Waals surface area (Å²) in [4.78, 5) is 26.4. The Kier molecular flexibility index (Phi) is 7.70. The zero-order valence-electron chi connectivity index (χ0n) is 16.5. The van der Waals surface area contributed by atoms with E-state index in [1.807, 2.05) is 31.2 Å². The predicted octanol–water partition coefficient (Wildman–Crippen LogP) is 3.20. The molecule has 0 aliphatic rings. The highest BCUT2D eigenvalue weighted by Gasteiger charge is 2.25. The molecule has 0 radical (unpaired) electrons. The molecule has 0 unspecified atom stereocenters. The lowest BCUT2D eigenvalue weighted by Crippen LogP contribution is -2.48. The van der Waals surface area contributed by atoms with Crippen LogP contribution < -0.4 is 14.8 Å². The number of ether oxygens (including phenoxy) is 2. The number of hydrogen-bond acceptors (Lipinski definition) is 4. The van der Waals surface area contributed by atoms with Gasteiger partial charge in [0, 0.05) is 18.6 Å². The average Bonchev–Trinajstić information content (AvgIpc) is 2.71. The highest BCUT2D eigenvalue weighted by atomic mass is 35.5. The number of likely N-dealkylation sites (N-methyl/N-ethyl adjacent to an activating group) is 1. The molecule has 6 nitrogen and oxygen atoms in total. The molecule has 0 aliphatic carbocycles. The van der Waals surface area contributed by atoms with Crippen molar-refractivity contribution in [1.82, 2.24) is 10.2 Å². The third kappa shape index (κ3) is 5.63. The van der Waals surface area contributed by atoms with Gasteiger partial charge in [0.2, 0.25) is 5.91 Å². The zero-order chi connectivity index (χ0) is 20.7. The van der Waals surface area contributed by atoms with Gasteiger partial charge in [0.15, 0.2) is 6.61 Å². The molecular formula is C21H25ClN2O4. The van der Waals surface area contributed by atoms with Crippen molar-refractivity contribution in [2.24, 2.45) is 0 Å². The van der Waals surface area contributed by atoms with Crippen molar-refractivity contribution in [1.29, 1.82) is 0 Å². The lowest BCUT2D eigenvalue weighted by Gasteiger charge is -2.28. The van der Waals surface area contributed by atoms with Gasteiger partial charge in [-0.2, -0.15) is 0 Å². The molecule has 0 fully saturated rings. The first kappa shape index (κ1) is 21.6. The van der Waals surface area contributed by atoms with Crippen molar-refractivity contribution in [2.45, 2.75) is 26.4 Å². The van der Waals surface area contributed by atoms with Crippen LogP contribution in [0.15, 0.2) is 42.5 Å². The van der Waals surface area contributed by atoms with Gasteiger partial charge in [0.25, 0.3) is 5.91 Å². The quantitative estimate of drug-likeness (QED) is 0.733.